The Kier molecular flexibility index (Phi) is 4.72. The quantitative estimate of drug-likeness (QED) is 0.521. The first-order chi connectivity index (χ1) is 12.4. The monoisotopic (exact) mass is 374 g/mol. The second kappa shape index (κ2) is 6.96. The van der Waals surface area contributed by atoms with Gasteiger partial charge in [0.15, 0.2) is 11.2 Å². The summed E-state index contributed by atoms with van der Waals surface area (Å²) in [5.74, 6) is -0.455. The molecule has 0 spiro atoms. The van der Waals surface area contributed by atoms with Crippen molar-refractivity contribution in [1.82, 2.24) is 24.1 Å². The molecule has 0 aliphatic carbocycles. The van der Waals surface area contributed by atoms with E-state index in [1.54, 1.807) is 24.3 Å². The van der Waals surface area contributed by atoms with Crippen LogP contribution in [0.1, 0.15) is 5.56 Å². The van der Waals surface area contributed by atoms with Crippen molar-refractivity contribution >= 4 is 34.9 Å². The first kappa shape index (κ1) is 17.6. The Bertz CT molecular complexity index is 1140. The number of halogens is 1. The minimum atomic E-state index is -0.520. The largest absolute Gasteiger partial charge is 0.332 e. The highest BCUT2D eigenvalue weighted by Gasteiger charge is 2.15. The highest BCUT2D eigenvalue weighted by Crippen LogP contribution is 2.12. The van der Waals surface area contributed by atoms with E-state index in [1.807, 2.05) is 0 Å². The number of hydrazone groups is 1. The van der Waals surface area contributed by atoms with Gasteiger partial charge in [-0.05, 0) is 6.07 Å². The van der Waals surface area contributed by atoms with Gasteiger partial charge in [0.2, 0.25) is 0 Å². The Morgan fingerprint density at radius 3 is 2.73 bits per heavy atom. The molecule has 0 bridgehead atoms. The molecule has 2 heterocycles. The molecule has 0 unspecified atom stereocenters. The summed E-state index contributed by atoms with van der Waals surface area (Å²) >= 11 is 6.00. The van der Waals surface area contributed by atoms with Crippen molar-refractivity contribution in [3.05, 3.63) is 62.0 Å². The second-order valence-electron chi connectivity index (χ2n) is 5.57. The van der Waals surface area contributed by atoms with Crippen molar-refractivity contribution in [2.24, 2.45) is 19.2 Å². The predicted octanol–water partition coefficient (Wildman–Crippen LogP) is 0.237. The fraction of sp³-hybridized carbons (Fsp3) is 0.188. The van der Waals surface area contributed by atoms with E-state index in [4.69, 9.17) is 11.6 Å². The lowest BCUT2D eigenvalue weighted by molar-refractivity contribution is -0.121. The van der Waals surface area contributed by atoms with E-state index in [-0.39, 0.29) is 17.7 Å². The Hall–Kier alpha value is -3.20. The first-order valence-corrected chi connectivity index (χ1v) is 7.95. The van der Waals surface area contributed by atoms with Gasteiger partial charge in [0.25, 0.3) is 11.5 Å². The standard InChI is InChI=1S/C16H15ClN6O3/c1-21-14-13(15(25)22(2)16(21)26)23(9-18-14)8-12(24)20-19-7-10-5-3-4-6-11(10)17/h3-7,9H,8H2,1-2H3,(H,20,24). The van der Waals surface area contributed by atoms with Crippen molar-refractivity contribution in [1.29, 1.82) is 0 Å². The van der Waals surface area contributed by atoms with Crippen LogP contribution in [-0.2, 0) is 25.4 Å². The van der Waals surface area contributed by atoms with E-state index < -0.39 is 17.2 Å². The zero-order valence-corrected chi connectivity index (χ0v) is 14.8. The van der Waals surface area contributed by atoms with Crippen LogP contribution in [0.3, 0.4) is 0 Å². The van der Waals surface area contributed by atoms with E-state index >= 15 is 0 Å². The van der Waals surface area contributed by atoms with Crippen LogP contribution < -0.4 is 16.7 Å². The van der Waals surface area contributed by atoms with Crippen molar-refractivity contribution in [3.63, 3.8) is 0 Å². The van der Waals surface area contributed by atoms with Crippen LogP contribution in [0.15, 0.2) is 45.3 Å². The number of amides is 1. The van der Waals surface area contributed by atoms with Crippen LogP contribution in [0.25, 0.3) is 11.2 Å². The number of hydrogen-bond donors (Lipinski definition) is 1. The molecule has 1 N–H and O–H groups in total. The summed E-state index contributed by atoms with van der Waals surface area (Å²) in [6.45, 7) is -0.177. The molecule has 3 rings (SSSR count). The topological polar surface area (TPSA) is 103 Å². The van der Waals surface area contributed by atoms with Crippen LogP contribution in [0.5, 0.6) is 0 Å². The van der Waals surface area contributed by atoms with Crippen LogP contribution in [0, 0.1) is 0 Å². The fourth-order valence-electron chi connectivity index (χ4n) is 2.46. The average Bonchev–Trinajstić information content (AvgIpc) is 3.03. The maximum absolute atomic E-state index is 12.3. The van der Waals surface area contributed by atoms with Crippen LogP contribution in [0.2, 0.25) is 5.02 Å². The number of fused-ring (bicyclic) bond motifs is 1. The second-order valence-corrected chi connectivity index (χ2v) is 5.97. The number of benzene rings is 1. The molecule has 9 nitrogen and oxygen atoms in total. The zero-order valence-electron chi connectivity index (χ0n) is 14.0. The Morgan fingerprint density at radius 2 is 2.00 bits per heavy atom. The summed E-state index contributed by atoms with van der Waals surface area (Å²) in [6, 6.07) is 7.05. The first-order valence-electron chi connectivity index (χ1n) is 7.57. The number of rotatable bonds is 4. The molecule has 26 heavy (non-hydrogen) atoms. The maximum atomic E-state index is 12.3. The van der Waals surface area contributed by atoms with E-state index in [0.717, 1.165) is 4.57 Å². The van der Waals surface area contributed by atoms with Gasteiger partial charge < -0.3 is 4.57 Å². The lowest BCUT2D eigenvalue weighted by Crippen LogP contribution is -2.38. The van der Waals surface area contributed by atoms with Gasteiger partial charge in [-0.15, -0.1) is 0 Å². The molecular formula is C16H15ClN6O3. The number of aromatic nitrogens is 4. The molecular weight excluding hydrogens is 360 g/mol. The number of imidazole rings is 1. The fourth-order valence-corrected chi connectivity index (χ4v) is 2.65. The predicted molar refractivity (Wildman–Crippen MR) is 97.4 cm³/mol. The number of nitrogens with one attached hydrogen (secondary N) is 1. The molecule has 134 valence electrons. The third kappa shape index (κ3) is 3.16. The van der Waals surface area contributed by atoms with E-state index in [2.05, 4.69) is 15.5 Å². The van der Waals surface area contributed by atoms with Crippen molar-refractivity contribution in [2.75, 3.05) is 0 Å². The number of carbonyl (C=O) groups excluding carboxylic acids is 1. The van der Waals surface area contributed by atoms with Crippen molar-refractivity contribution in [2.45, 2.75) is 6.54 Å². The minimum Gasteiger partial charge on any atom is -0.315 e. The van der Waals surface area contributed by atoms with Gasteiger partial charge in [0, 0.05) is 24.7 Å². The van der Waals surface area contributed by atoms with Gasteiger partial charge in [0.1, 0.15) is 6.54 Å². The smallest absolute Gasteiger partial charge is 0.315 e. The lowest BCUT2D eigenvalue weighted by Gasteiger charge is -2.06. The van der Waals surface area contributed by atoms with Gasteiger partial charge in [-0.3, -0.25) is 18.7 Å². The van der Waals surface area contributed by atoms with Gasteiger partial charge in [-0.2, -0.15) is 5.10 Å². The Balaban J connectivity index is 1.81. The van der Waals surface area contributed by atoms with Crippen molar-refractivity contribution < 1.29 is 4.79 Å². The third-order valence-electron chi connectivity index (χ3n) is 3.83. The minimum absolute atomic E-state index is 0.167. The highest BCUT2D eigenvalue weighted by atomic mass is 35.5. The van der Waals surface area contributed by atoms with Crippen LogP contribution in [0.4, 0.5) is 0 Å². The third-order valence-corrected chi connectivity index (χ3v) is 4.17. The summed E-state index contributed by atoms with van der Waals surface area (Å²) in [6.07, 6.45) is 2.76. The molecule has 0 aliphatic rings. The molecule has 0 fully saturated rings. The van der Waals surface area contributed by atoms with Gasteiger partial charge in [0.05, 0.1) is 12.5 Å². The molecule has 0 atom stereocenters. The molecule has 0 saturated heterocycles. The average molecular weight is 375 g/mol. The number of nitrogens with zero attached hydrogens (tertiary/aromatic N) is 5. The molecule has 0 aliphatic heterocycles. The summed E-state index contributed by atoms with van der Waals surface area (Å²) in [5.41, 5.74) is 2.40. The Labute approximate surface area is 152 Å². The normalized spacial score (nSPS) is 11.3. The van der Waals surface area contributed by atoms with Gasteiger partial charge in [-0.1, -0.05) is 29.8 Å². The highest BCUT2D eigenvalue weighted by molar-refractivity contribution is 6.33. The molecule has 0 radical (unpaired) electrons. The van der Waals surface area contributed by atoms with Crippen LogP contribution in [-0.4, -0.2) is 30.8 Å². The molecule has 1 aromatic carbocycles. The molecule has 0 saturated carbocycles. The SMILES string of the molecule is Cn1c(=O)c2c(ncn2CC(=O)NN=Cc2ccccc2Cl)n(C)c1=O. The van der Waals surface area contributed by atoms with E-state index in [1.165, 1.54) is 35.8 Å². The summed E-state index contributed by atoms with van der Waals surface area (Å²) in [5, 5.41) is 4.36. The van der Waals surface area contributed by atoms with Crippen molar-refractivity contribution in [3.8, 4) is 0 Å². The Morgan fingerprint density at radius 1 is 1.27 bits per heavy atom. The van der Waals surface area contributed by atoms with Gasteiger partial charge in [-0.25, -0.2) is 15.2 Å². The number of carbonyl (C=O) groups is 1. The molecule has 10 heteroatoms. The summed E-state index contributed by atoms with van der Waals surface area (Å²) in [7, 11) is 2.88. The van der Waals surface area contributed by atoms with E-state index in [0.29, 0.717) is 10.6 Å². The molecule has 2 aromatic heterocycles. The summed E-state index contributed by atoms with van der Waals surface area (Å²) < 4.78 is 3.59. The zero-order chi connectivity index (χ0) is 18.8. The van der Waals surface area contributed by atoms with Crippen LogP contribution >= 0.6 is 11.6 Å². The summed E-state index contributed by atoms with van der Waals surface area (Å²) in [4.78, 5) is 40.4. The lowest BCUT2D eigenvalue weighted by atomic mass is 10.2. The van der Waals surface area contributed by atoms with E-state index in [9.17, 15) is 14.4 Å². The van der Waals surface area contributed by atoms with Gasteiger partial charge >= 0.3 is 5.69 Å². The maximum Gasteiger partial charge on any atom is 0.332 e. The molecule has 1 amide bonds. The molecule has 3 aromatic rings. The number of aryl methyl sites for hydroxylation is 1. The number of hydrogen-bond acceptors (Lipinski definition) is 5.